The molecule has 2 N–H and O–H groups in total. The maximum Gasteiger partial charge on any atom is 0.305 e. The number of rotatable bonds is 8. The molecular weight excluding hydrogens is 260 g/mol. The van der Waals surface area contributed by atoms with Crippen molar-refractivity contribution >= 4 is 17.7 Å². The van der Waals surface area contributed by atoms with Crippen LogP contribution in [0.25, 0.3) is 0 Å². The highest BCUT2D eigenvalue weighted by Gasteiger charge is 2.09. The zero-order valence-corrected chi connectivity index (χ0v) is 11.8. The number of hydrogen-bond acceptors (Lipinski definition) is 4. The van der Waals surface area contributed by atoms with Crippen LogP contribution in [0.4, 0.5) is 0 Å². The molecule has 1 rings (SSSR count). The molecule has 0 spiro atoms. The fourth-order valence-corrected chi connectivity index (χ4v) is 1.70. The van der Waals surface area contributed by atoms with Crippen LogP contribution >= 0.6 is 0 Å². The van der Waals surface area contributed by atoms with E-state index in [-0.39, 0.29) is 17.7 Å². The minimum Gasteiger partial charge on any atom is -0.469 e. The lowest BCUT2D eigenvalue weighted by atomic mass is 10.2. The SMILES string of the molecule is COC(=O)CCCCCNC(=O)c1cc(C(C)=O)c[nH]1. The second-order valence-corrected chi connectivity index (χ2v) is 4.50. The molecule has 0 atom stereocenters. The molecule has 1 aromatic heterocycles. The van der Waals surface area contributed by atoms with E-state index in [2.05, 4.69) is 15.0 Å². The standard InChI is InChI=1S/C14H20N2O4/c1-10(17)11-8-12(16-9-11)14(19)15-7-5-3-4-6-13(18)20-2/h8-9,16H,3-7H2,1-2H3,(H,15,19). The van der Waals surface area contributed by atoms with Crippen LogP contribution in [0.1, 0.15) is 53.5 Å². The normalized spacial score (nSPS) is 10.1. The van der Waals surface area contributed by atoms with Gasteiger partial charge in [0.2, 0.25) is 0 Å². The number of carbonyl (C=O) groups is 3. The quantitative estimate of drug-likeness (QED) is 0.431. The Morgan fingerprint density at radius 1 is 1.25 bits per heavy atom. The number of unbranched alkanes of at least 4 members (excludes halogenated alkanes) is 2. The van der Waals surface area contributed by atoms with Crippen molar-refractivity contribution in [3.8, 4) is 0 Å². The number of amides is 1. The Bertz CT molecular complexity index is 479. The van der Waals surface area contributed by atoms with Crippen molar-refractivity contribution in [3.05, 3.63) is 23.5 Å². The molecule has 1 amide bonds. The van der Waals surface area contributed by atoms with Crippen LogP contribution in [-0.4, -0.2) is 36.3 Å². The van der Waals surface area contributed by atoms with E-state index in [9.17, 15) is 14.4 Å². The summed E-state index contributed by atoms with van der Waals surface area (Å²) < 4.78 is 4.53. The van der Waals surface area contributed by atoms with E-state index < -0.39 is 0 Å². The highest BCUT2D eigenvalue weighted by atomic mass is 16.5. The van der Waals surface area contributed by atoms with Gasteiger partial charge in [-0.3, -0.25) is 14.4 Å². The summed E-state index contributed by atoms with van der Waals surface area (Å²) in [5.41, 5.74) is 0.873. The van der Waals surface area contributed by atoms with Gasteiger partial charge in [-0.05, 0) is 25.8 Å². The van der Waals surface area contributed by atoms with Crippen LogP contribution in [0.2, 0.25) is 0 Å². The zero-order chi connectivity index (χ0) is 15.0. The van der Waals surface area contributed by atoms with Crippen LogP contribution in [0.3, 0.4) is 0 Å². The first-order chi connectivity index (χ1) is 9.54. The van der Waals surface area contributed by atoms with Gasteiger partial charge in [0.15, 0.2) is 5.78 Å². The predicted molar refractivity (Wildman–Crippen MR) is 73.6 cm³/mol. The number of Topliss-reactive ketones (excluding diaryl/α,β-unsaturated/α-hetero) is 1. The van der Waals surface area contributed by atoms with Crippen LogP contribution in [-0.2, 0) is 9.53 Å². The van der Waals surface area contributed by atoms with Gasteiger partial charge in [0.05, 0.1) is 7.11 Å². The lowest BCUT2D eigenvalue weighted by Crippen LogP contribution is -2.24. The van der Waals surface area contributed by atoms with Gasteiger partial charge < -0.3 is 15.0 Å². The molecule has 0 saturated heterocycles. The fourth-order valence-electron chi connectivity index (χ4n) is 1.70. The Morgan fingerprint density at radius 2 is 2.00 bits per heavy atom. The molecule has 1 aromatic rings. The predicted octanol–water partition coefficient (Wildman–Crippen LogP) is 1.68. The van der Waals surface area contributed by atoms with E-state index in [0.717, 1.165) is 19.3 Å². The van der Waals surface area contributed by atoms with Crippen molar-refractivity contribution in [2.24, 2.45) is 0 Å². The van der Waals surface area contributed by atoms with Crippen LogP contribution in [0.5, 0.6) is 0 Å². The van der Waals surface area contributed by atoms with Crippen molar-refractivity contribution in [2.75, 3.05) is 13.7 Å². The van der Waals surface area contributed by atoms with Gasteiger partial charge in [0, 0.05) is 24.7 Å². The Balaban J connectivity index is 2.19. The second-order valence-electron chi connectivity index (χ2n) is 4.50. The number of carbonyl (C=O) groups excluding carboxylic acids is 3. The zero-order valence-electron chi connectivity index (χ0n) is 11.8. The largest absolute Gasteiger partial charge is 0.469 e. The van der Waals surface area contributed by atoms with Crippen LogP contribution in [0, 0.1) is 0 Å². The summed E-state index contributed by atoms with van der Waals surface area (Å²) >= 11 is 0. The molecule has 6 heteroatoms. The number of ketones is 1. The summed E-state index contributed by atoms with van der Waals surface area (Å²) in [5, 5.41) is 2.76. The number of ether oxygens (including phenoxy) is 1. The number of hydrogen-bond donors (Lipinski definition) is 2. The van der Waals surface area contributed by atoms with Gasteiger partial charge in [0.1, 0.15) is 5.69 Å². The molecule has 1 heterocycles. The topological polar surface area (TPSA) is 88.3 Å². The average Bonchev–Trinajstić information content (AvgIpc) is 2.92. The summed E-state index contributed by atoms with van der Waals surface area (Å²) in [5.74, 6) is -0.522. The number of aromatic nitrogens is 1. The Morgan fingerprint density at radius 3 is 2.60 bits per heavy atom. The third-order valence-electron chi connectivity index (χ3n) is 2.91. The van der Waals surface area contributed by atoms with Crippen molar-refractivity contribution in [2.45, 2.75) is 32.6 Å². The molecule has 0 fully saturated rings. The molecule has 0 aliphatic carbocycles. The van der Waals surface area contributed by atoms with E-state index >= 15 is 0 Å². The molecule has 0 radical (unpaired) electrons. The highest BCUT2D eigenvalue weighted by molar-refractivity contribution is 5.99. The van der Waals surface area contributed by atoms with Crippen molar-refractivity contribution in [3.63, 3.8) is 0 Å². The van der Waals surface area contributed by atoms with Crippen molar-refractivity contribution in [1.29, 1.82) is 0 Å². The Kier molecular flexibility index (Phi) is 6.49. The third-order valence-corrected chi connectivity index (χ3v) is 2.91. The van der Waals surface area contributed by atoms with Crippen molar-refractivity contribution in [1.82, 2.24) is 10.3 Å². The molecule has 110 valence electrons. The minimum atomic E-state index is -0.231. The first kappa shape index (κ1) is 15.9. The second kappa shape index (κ2) is 8.14. The van der Waals surface area contributed by atoms with E-state index in [4.69, 9.17) is 0 Å². The molecular formula is C14H20N2O4. The number of nitrogens with one attached hydrogen (secondary N) is 2. The molecule has 20 heavy (non-hydrogen) atoms. The summed E-state index contributed by atoms with van der Waals surface area (Å²) in [6, 6.07) is 1.54. The first-order valence-corrected chi connectivity index (χ1v) is 6.59. The molecule has 0 bridgehead atoms. The minimum absolute atomic E-state index is 0.0805. The number of esters is 1. The Hall–Kier alpha value is -2.11. The molecule has 0 unspecified atom stereocenters. The fraction of sp³-hybridized carbons (Fsp3) is 0.500. The van der Waals surface area contributed by atoms with E-state index in [0.29, 0.717) is 24.2 Å². The monoisotopic (exact) mass is 280 g/mol. The van der Waals surface area contributed by atoms with Crippen LogP contribution < -0.4 is 5.32 Å². The number of methoxy groups -OCH3 is 1. The van der Waals surface area contributed by atoms with Gasteiger partial charge >= 0.3 is 5.97 Å². The van der Waals surface area contributed by atoms with Gasteiger partial charge in [-0.25, -0.2) is 0 Å². The summed E-state index contributed by atoms with van der Waals surface area (Å²) in [7, 11) is 1.37. The summed E-state index contributed by atoms with van der Waals surface area (Å²) in [6.07, 6.45) is 4.32. The Labute approximate surface area is 117 Å². The van der Waals surface area contributed by atoms with Gasteiger partial charge in [-0.1, -0.05) is 6.42 Å². The molecule has 0 aliphatic rings. The highest BCUT2D eigenvalue weighted by Crippen LogP contribution is 2.05. The maximum absolute atomic E-state index is 11.7. The molecule has 0 saturated carbocycles. The third kappa shape index (κ3) is 5.26. The summed E-state index contributed by atoms with van der Waals surface area (Å²) in [6.45, 7) is 1.99. The smallest absolute Gasteiger partial charge is 0.305 e. The molecule has 0 aromatic carbocycles. The lowest BCUT2D eigenvalue weighted by molar-refractivity contribution is -0.140. The van der Waals surface area contributed by atoms with E-state index in [1.165, 1.54) is 26.3 Å². The lowest BCUT2D eigenvalue weighted by Gasteiger charge is -2.03. The van der Waals surface area contributed by atoms with Gasteiger partial charge in [-0.15, -0.1) is 0 Å². The van der Waals surface area contributed by atoms with E-state index in [1.807, 2.05) is 0 Å². The average molecular weight is 280 g/mol. The summed E-state index contributed by atoms with van der Waals surface area (Å²) in [4.78, 5) is 36.5. The van der Waals surface area contributed by atoms with Crippen LogP contribution in [0.15, 0.2) is 12.3 Å². The number of H-pyrrole nitrogens is 1. The maximum atomic E-state index is 11.7. The van der Waals surface area contributed by atoms with E-state index in [1.54, 1.807) is 0 Å². The number of aromatic amines is 1. The molecule has 6 nitrogen and oxygen atoms in total. The van der Waals surface area contributed by atoms with Gasteiger partial charge in [-0.2, -0.15) is 0 Å². The first-order valence-electron chi connectivity index (χ1n) is 6.59. The molecule has 0 aliphatic heterocycles. The van der Waals surface area contributed by atoms with Crippen molar-refractivity contribution < 1.29 is 19.1 Å². The van der Waals surface area contributed by atoms with Gasteiger partial charge in [0.25, 0.3) is 5.91 Å².